The van der Waals surface area contributed by atoms with Crippen LogP contribution in [0.2, 0.25) is 0 Å². The average Bonchev–Trinajstić information content (AvgIpc) is 3.45. The third-order valence-corrected chi connectivity index (χ3v) is 7.18. The summed E-state index contributed by atoms with van der Waals surface area (Å²) in [6, 6.07) is 24.4. The van der Waals surface area contributed by atoms with Gasteiger partial charge in [0.1, 0.15) is 24.0 Å². The Morgan fingerprint density at radius 2 is 1.73 bits per heavy atom. The molecule has 232 valence electrons. The Balaban J connectivity index is 1.31. The second-order valence-corrected chi connectivity index (χ2v) is 10.6. The van der Waals surface area contributed by atoms with Crippen LogP contribution >= 0.6 is 0 Å². The van der Waals surface area contributed by atoms with Crippen molar-refractivity contribution in [3.05, 3.63) is 102 Å². The molecule has 0 fully saturated rings. The third-order valence-electron chi connectivity index (χ3n) is 7.18. The lowest BCUT2D eigenvalue weighted by molar-refractivity contribution is -0.125. The molecule has 0 aliphatic rings. The van der Waals surface area contributed by atoms with Crippen LogP contribution < -0.4 is 26.4 Å². The minimum absolute atomic E-state index is 0.225. The van der Waals surface area contributed by atoms with Gasteiger partial charge in [-0.25, -0.2) is 14.5 Å². The molecule has 5 aromatic rings. The van der Waals surface area contributed by atoms with Crippen LogP contribution in [0.3, 0.4) is 0 Å². The van der Waals surface area contributed by atoms with E-state index in [4.69, 9.17) is 20.3 Å². The van der Waals surface area contributed by atoms with E-state index in [0.717, 1.165) is 52.5 Å². The number of methoxy groups -OCH3 is 1. The number of aryl methyl sites for hydroxylation is 2. The molecule has 11 nitrogen and oxygen atoms in total. The number of benzene rings is 3. The number of hydrogen-bond acceptors (Lipinski definition) is 7. The highest BCUT2D eigenvalue weighted by Crippen LogP contribution is 2.32. The first-order valence-electron chi connectivity index (χ1n) is 14.8. The van der Waals surface area contributed by atoms with Crippen LogP contribution in [-0.4, -0.2) is 40.0 Å². The summed E-state index contributed by atoms with van der Waals surface area (Å²) in [6.07, 6.45) is 3.38. The normalized spacial score (nSPS) is 11.6. The van der Waals surface area contributed by atoms with Gasteiger partial charge in [0.05, 0.1) is 17.1 Å². The lowest BCUT2D eigenvalue weighted by Gasteiger charge is -2.15. The van der Waals surface area contributed by atoms with Crippen molar-refractivity contribution < 1.29 is 19.1 Å². The van der Waals surface area contributed by atoms with Crippen LogP contribution in [0.1, 0.15) is 36.6 Å². The lowest BCUT2D eigenvalue weighted by atomic mass is 10.1. The molecule has 0 saturated heterocycles. The fourth-order valence-electron chi connectivity index (χ4n) is 4.76. The number of ether oxygens (including phenoxy) is 2. The number of nitrogens with one attached hydrogen (secondary N) is 3. The van der Waals surface area contributed by atoms with Gasteiger partial charge in [-0.15, -0.1) is 0 Å². The van der Waals surface area contributed by atoms with Crippen LogP contribution in [0.4, 0.5) is 22.1 Å². The Labute approximate surface area is 261 Å². The van der Waals surface area contributed by atoms with Crippen LogP contribution in [-0.2, 0) is 22.6 Å². The standard InChI is InChI=1S/C34H37N7O4/c1-4-5-8-24-20-31(41(40-24)25-13-11-22(2)12-14-25)39-34(43)37-28-15-16-29(27-10-7-6-9-26(27)28)45-21-23-17-18-36-30(19-23)38-33(42)32(35)44-3/h6-7,9-20,32H,4-5,8,21,35H2,1-3H3,(H,36,38,42)(H2,37,39,43)/t32-/m0/s1. The zero-order chi connectivity index (χ0) is 31.8. The molecule has 0 aliphatic heterocycles. The molecule has 0 saturated carbocycles. The Kier molecular flexibility index (Phi) is 10.0. The highest BCUT2D eigenvalue weighted by molar-refractivity contribution is 6.07. The first kappa shape index (κ1) is 31.2. The van der Waals surface area contributed by atoms with Gasteiger partial charge in [-0.2, -0.15) is 5.10 Å². The molecule has 2 heterocycles. The number of hydrogen-bond donors (Lipinski definition) is 4. The van der Waals surface area contributed by atoms with Crippen molar-refractivity contribution >= 4 is 40.0 Å². The van der Waals surface area contributed by atoms with Crippen molar-refractivity contribution in [1.82, 2.24) is 14.8 Å². The van der Waals surface area contributed by atoms with Crippen LogP contribution in [0.25, 0.3) is 16.5 Å². The molecular weight excluding hydrogens is 570 g/mol. The number of urea groups is 1. The number of aromatic nitrogens is 3. The molecule has 3 aromatic carbocycles. The van der Waals surface area contributed by atoms with E-state index >= 15 is 0 Å². The van der Waals surface area contributed by atoms with Crippen molar-refractivity contribution in [3.63, 3.8) is 0 Å². The summed E-state index contributed by atoms with van der Waals surface area (Å²) in [7, 11) is 1.35. The minimum atomic E-state index is -1.09. The fraction of sp³-hybridized carbons (Fsp3) is 0.235. The Morgan fingerprint density at radius 3 is 2.49 bits per heavy atom. The van der Waals surface area contributed by atoms with Crippen molar-refractivity contribution in [2.45, 2.75) is 45.9 Å². The van der Waals surface area contributed by atoms with Crippen molar-refractivity contribution in [1.29, 1.82) is 0 Å². The van der Waals surface area contributed by atoms with Gasteiger partial charge in [-0.05, 0) is 61.7 Å². The van der Waals surface area contributed by atoms with Crippen LogP contribution in [0, 0.1) is 6.92 Å². The largest absolute Gasteiger partial charge is 0.488 e. The number of anilines is 3. The number of carbonyl (C=O) groups is 2. The molecule has 3 amide bonds. The molecule has 0 bridgehead atoms. The molecule has 1 atom stereocenters. The first-order chi connectivity index (χ1) is 21.8. The molecule has 5 rings (SSSR count). The summed E-state index contributed by atoms with van der Waals surface area (Å²) in [5.74, 6) is 1.06. The van der Waals surface area contributed by atoms with Crippen molar-refractivity contribution in [2.75, 3.05) is 23.1 Å². The number of fused-ring (bicyclic) bond motifs is 1. The summed E-state index contributed by atoms with van der Waals surface area (Å²) < 4.78 is 12.8. The van der Waals surface area contributed by atoms with Gasteiger partial charge in [-0.3, -0.25) is 15.8 Å². The Morgan fingerprint density at radius 1 is 0.956 bits per heavy atom. The van der Waals surface area contributed by atoms with Gasteiger partial charge in [0.25, 0.3) is 5.91 Å². The topological polar surface area (TPSA) is 145 Å². The summed E-state index contributed by atoms with van der Waals surface area (Å²) in [4.78, 5) is 29.5. The molecule has 5 N–H and O–H groups in total. The number of pyridine rings is 1. The summed E-state index contributed by atoms with van der Waals surface area (Å²) in [5, 5.41) is 15.0. The van der Waals surface area contributed by atoms with E-state index in [1.54, 1.807) is 23.0 Å². The molecule has 0 aliphatic carbocycles. The molecule has 0 spiro atoms. The van der Waals surface area contributed by atoms with E-state index in [-0.39, 0.29) is 12.6 Å². The van der Waals surface area contributed by atoms with E-state index < -0.39 is 12.1 Å². The Bertz CT molecular complexity index is 1790. The van der Waals surface area contributed by atoms with Gasteiger partial charge in [0.2, 0.25) is 0 Å². The zero-order valence-electron chi connectivity index (χ0n) is 25.5. The smallest absolute Gasteiger partial charge is 0.324 e. The van der Waals surface area contributed by atoms with Crippen molar-refractivity contribution in [3.8, 4) is 11.4 Å². The van der Waals surface area contributed by atoms with E-state index in [1.165, 1.54) is 7.11 Å². The van der Waals surface area contributed by atoms with Gasteiger partial charge >= 0.3 is 6.03 Å². The predicted octanol–water partition coefficient (Wildman–Crippen LogP) is 6.16. The summed E-state index contributed by atoms with van der Waals surface area (Å²) in [6.45, 7) is 4.40. The molecule has 45 heavy (non-hydrogen) atoms. The quantitative estimate of drug-likeness (QED) is 0.124. The average molecular weight is 608 g/mol. The molecule has 11 heteroatoms. The fourth-order valence-corrected chi connectivity index (χ4v) is 4.76. The summed E-state index contributed by atoms with van der Waals surface area (Å²) >= 11 is 0. The van der Waals surface area contributed by atoms with Gasteiger partial charge in [0.15, 0.2) is 6.23 Å². The second-order valence-electron chi connectivity index (χ2n) is 10.6. The number of nitrogens with zero attached hydrogens (tertiary/aromatic N) is 3. The number of carbonyl (C=O) groups excluding carboxylic acids is 2. The second kappa shape index (κ2) is 14.5. The summed E-state index contributed by atoms with van der Waals surface area (Å²) in [5.41, 5.74) is 9.96. The molecule has 0 unspecified atom stereocenters. The molecule has 2 aromatic heterocycles. The lowest BCUT2D eigenvalue weighted by Crippen LogP contribution is -2.37. The van der Waals surface area contributed by atoms with Crippen molar-refractivity contribution in [2.24, 2.45) is 5.73 Å². The predicted molar refractivity (Wildman–Crippen MR) is 176 cm³/mol. The highest BCUT2D eigenvalue weighted by atomic mass is 16.5. The molecule has 0 radical (unpaired) electrons. The number of unbranched alkanes of at least 4 members (excludes halogenated alkanes) is 1. The molecular formula is C34H37N7O4. The maximum absolute atomic E-state index is 13.3. The highest BCUT2D eigenvalue weighted by Gasteiger charge is 2.16. The number of rotatable bonds is 12. The van der Waals surface area contributed by atoms with Gasteiger partial charge in [-0.1, -0.05) is 55.3 Å². The van der Waals surface area contributed by atoms with Gasteiger partial charge < -0.3 is 20.1 Å². The monoisotopic (exact) mass is 607 g/mol. The SMILES string of the molecule is CCCCc1cc(NC(=O)Nc2ccc(OCc3ccnc(NC(=O)[C@@H](N)OC)c3)c3ccccc23)n(-c2ccc(C)cc2)n1. The third kappa shape index (κ3) is 7.83. The maximum atomic E-state index is 13.3. The van der Waals surface area contributed by atoms with Gasteiger partial charge in [0, 0.05) is 30.1 Å². The minimum Gasteiger partial charge on any atom is -0.488 e. The number of amides is 3. The zero-order valence-corrected chi connectivity index (χ0v) is 25.5. The maximum Gasteiger partial charge on any atom is 0.324 e. The first-order valence-corrected chi connectivity index (χ1v) is 14.8. The van der Waals surface area contributed by atoms with E-state index in [2.05, 4.69) is 27.9 Å². The van der Waals surface area contributed by atoms with E-state index in [0.29, 0.717) is 23.1 Å². The van der Waals surface area contributed by atoms with E-state index in [1.807, 2.05) is 73.7 Å². The Hall–Kier alpha value is -5.26. The van der Waals surface area contributed by atoms with Crippen LogP contribution in [0.5, 0.6) is 5.75 Å². The number of nitrogens with two attached hydrogens (primary N) is 1. The van der Waals surface area contributed by atoms with Crippen LogP contribution in [0.15, 0.2) is 85.1 Å². The van der Waals surface area contributed by atoms with E-state index in [9.17, 15) is 9.59 Å².